The Kier molecular flexibility index (Phi) is 6.55. The van der Waals surface area contributed by atoms with Crippen molar-refractivity contribution in [1.82, 2.24) is 9.13 Å². The predicted molar refractivity (Wildman–Crippen MR) is 81.3 cm³/mol. The molecular weight excluding hydrogens is 304 g/mol. The number of ether oxygens (including phenoxy) is 2. The third-order valence-corrected chi connectivity index (χ3v) is 2.60. The molecule has 0 saturated heterocycles. The van der Waals surface area contributed by atoms with Crippen LogP contribution >= 0.6 is 0 Å². The molecular formula is C15H16N2O6. The minimum absolute atomic E-state index is 0.0394. The van der Waals surface area contributed by atoms with Crippen molar-refractivity contribution in [2.24, 2.45) is 0 Å². The molecule has 0 atom stereocenters. The van der Waals surface area contributed by atoms with Gasteiger partial charge in [-0.2, -0.15) is 0 Å². The zero-order valence-electron chi connectivity index (χ0n) is 12.8. The van der Waals surface area contributed by atoms with Crippen molar-refractivity contribution in [1.29, 1.82) is 0 Å². The first-order chi connectivity index (χ1) is 11.0. The quantitative estimate of drug-likeness (QED) is 0.402. The van der Waals surface area contributed by atoms with E-state index in [0.29, 0.717) is 0 Å². The lowest BCUT2D eigenvalue weighted by Crippen LogP contribution is -2.39. The SMILES string of the molecule is C#CCn1c(=O)ccn(/C(=C/C(=O)OCC)C(=O)OCC)c1=O. The van der Waals surface area contributed by atoms with Crippen LogP contribution in [0.15, 0.2) is 27.9 Å². The van der Waals surface area contributed by atoms with Crippen LogP contribution in [0.1, 0.15) is 13.8 Å². The first kappa shape index (κ1) is 18.0. The maximum Gasteiger partial charge on any atom is 0.355 e. The van der Waals surface area contributed by atoms with Gasteiger partial charge >= 0.3 is 17.6 Å². The molecule has 0 fully saturated rings. The number of rotatable bonds is 6. The molecule has 1 aromatic rings. The summed E-state index contributed by atoms with van der Waals surface area (Å²) in [5.74, 6) is 0.439. The van der Waals surface area contributed by atoms with Crippen LogP contribution in [-0.2, 0) is 25.6 Å². The zero-order valence-corrected chi connectivity index (χ0v) is 12.8. The van der Waals surface area contributed by atoms with Gasteiger partial charge in [0.1, 0.15) is 5.70 Å². The van der Waals surface area contributed by atoms with Crippen molar-refractivity contribution in [3.8, 4) is 12.3 Å². The van der Waals surface area contributed by atoms with Crippen molar-refractivity contribution < 1.29 is 19.1 Å². The second-order valence-electron chi connectivity index (χ2n) is 4.10. The van der Waals surface area contributed by atoms with Crippen molar-refractivity contribution >= 4 is 17.6 Å². The Morgan fingerprint density at radius 1 is 1.26 bits per heavy atom. The number of aromatic nitrogens is 2. The van der Waals surface area contributed by atoms with E-state index >= 15 is 0 Å². The largest absolute Gasteiger partial charge is 0.463 e. The minimum Gasteiger partial charge on any atom is -0.463 e. The number of terminal acetylenes is 1. The molecule has 1 rings (SSSR count). The van der Waals surface area contributed by atoms with E-state index in [1.807, 2.05) is 0 Å². The first-order valence-electron chi connectivity index (χ1n) is 6.78. The molecule has 0 aliphatic carbocycles. The molecule has 23 heavy (non-hydrogen) atoms. The van der Waals surface area contributed by atoms with Gasteiger partial charge in [-0.25, -0.2) is 19.0 Å². The van der Waals surface area contributed by atoms with Crippen LogP contribution in [0.2, 0.25) is 0 Å². The van der Waals surface area contributed by atoms with E-state index in [4.69, 9.17) is 15.9 Å². The molecule has 1 heterocycles. The minimum atomic E-state index is -0.909. The molecule has 0 N–H and O–H groups in total. The van der Waals surface area contributed by atoms with E-state index in [1.165, 1.54) is 0 Å². The summed E-state index contributed by atoms with van der Waals surface area (Å²) in [6.45, 7) is 3.03. The van der Waals surface area contributed by atoms with E-state index < -0.39 is 23.2 Å². The fraction of sp³-hybridized carbons (Fsp3) is 0.333. The van der Waals surface area contributed by atoms with E-state index in [1.54, 1.807) is 13.8 Å². The molecule has 8 nitrogen and oxygen atoms in total. The summed E-state index contributed by atoms with van der Waals surface area (Å²) in [6, 6.07) is 1.05. The molecule has 0 aliphatic rings. The Morgan fingerprint density at radius 3 is 2.48 bits per heavy atom. The smallest absolute Gasteiger partial charge is 0.355 e. The van der Waals surface area contributed by atoms with Crippen molar-refractivity contribution in [3.05, 3.63) is 39.2 Å². The molecule has 0 bridgehead atoms. The highest BCUT2D eigenvalue weighted by Gasteiger charge is 2.18. The average Bonchev–Trinajstić information content (AvgIpc) is 2.50. The molecule has 122 valence electrons. The topological polar surface area (TPSA) is 96.6 Å². The van der Waals surface area contributed by atoms with Crippen LogP contribution in [0.3, 0.4) is 0 Å². The number of carbonyl (C=O) groups is 2. The molecule has 0 spiro atoms. The number of nitrogens with zero attached hydrogens (tertiary/aromatic N) is 2. The van der Waals surface area contributed by atoms with E-state index in [2.05, 4.69) is 5.92 Å². The lowest BCUT2D eigenvalue weighted by Gasteiger charge is -2.11. The Bertz CT molecular complexity index is 778. The van der Waals surface area contributed by atoms with E-state index in [9.17, 15) is 19.2 Å². The van der Waals surface area contributed by atoms with Crippen LogP contribution in [0.4, 0.5) is 0 Å². The number of carbonyl (C=O) groups excluding carboxylic acids is 2. The van der Waals surface area contributed by atoms with Crippen LogP contribution < -0.4 is 11.2 Å². The molecule has 8 heteroatoms. The third-order valence-electron chi connectivity index (χ3n) is 2.60. The van der Waals surface area contributed by atoms with Gasteiger partial charge in [-0.1, -0.05) is 5.92 Å². The maximum atomic E-state index is 12.3. The second-order valence-corrected chi connectivity index (χ2v) is 4.10. The van der Waals surface area contributed by atoms with Gasteiger partial charge in [0.15, 0.2) is 0 Å². The normalized spacial score (nSPS) is 10.7. The Hall–Kier alpha value is -3.08. The summed E-state index contributed by atoms with van der Waals surface area (Å²) in [7, 11) is 0. The van der Waals surface area contributed by atoms with Crippen molar-refractivity contribution in [2.75, 3.05) is 13.2 Å². The van der Waals surface area contributed by atoms with Crippen molar-refractivity contribution in [3.63, 3.8) is 0 Å². The third kappa shape index (κ3) is 4.44. The Balaban J connectivity index is 3.50. The summed E-state index contributed by atoms with van der Waals surface area (Å²) < 4.78 is 11.1. The van der Waals surface area contributed by atoms with E-state index in [0.717, 1.165) is 27.5 Å². The number of hydrogen-bond donors (Lipinski definition) is 0. The van der Waals surface area contributed by atoms with Crippen LogP contribution in [-0.4, -0.2) is 34.3 Å². The predicted octanol–water partition coefficient (Wildman–Crippen LogP) is -0.390. The summed E-state index contributed by atoms with van der Waals surface area (Å²) in [4.78, 5) is 47.6. The lowest BCUT2D eigenvalue weighted by molar-refractivity contribution is -0.139. The number of esters is 2. The molecule has 1 aromatic heterocycles. The second kappa shape index (κ2) is 8.38. The molecule has 0 aromatic carbocycles. The van der Waals surface area contributed by atoms with Crippen LogP contribution in [0, 0.1) is 12.3 Å². The Morgan fingerprint density at radius 2 is 1.91 bits per heavy atom. The van der Waals surface area contributed by atoms with Gasteiger partial charge in [-0.3, -0.25) is 9.36 Å². The molecule has 0 unspecified atom stereocenters. The van der Waals surface area contributed by atoms with Gasteiger partial charge in [0, 0.05) is 12.3 Å². The summed E-state index contributed by atoms with van der Waals surface area (Å²) in [5.41, 5.74) is -1.86. The highest BCUT2D eigenvalue weighted by molar-refractivity contribution is 6.14. The number of hydrogen-bond acceptors (Lipinski definition) is 6. The maximum absolute atomic E-state index is 12.3. The lowest BCUT2D eigenvalue weighted by atomic mass is 10.3. The molecule has 0 saturated carbocycles. The molecule has 0 radical (unpaired) electrons. The van der Waals surface area contributed by atoms with E-state index in [-0.39, 0.29) is 25.5 Å². The molecule has 0 amide bonds. The Labute approximate surface area is 131 Å². The zero-order chi connectivity index (χ0) is 17.4. The standard InChI is InChI=1S/C15H16N2O6/c1-4-8-17-12(18)7-9-16(15(17)21)11(14(20)23-6-3)10-13(19)22-5-2/h1,7,9-10H,5-6,8H2,2-3H3/b11-10+. The van der Waals surface area contributed by atoms with Gasteiger partial charge in [-0.15, -0.1) is 6.42 Å². The van der Waals surface area contributed by atoms with Gasteiger partial charge in [0.2, 0.25) is 0 Å². The van der Waals surface area contributed by atoms with Crippen LogP contribution in [0.25, 0.3) is 5.70 Å². The van der Waals surface area contributed by atoms with Gasteiger partial charge in [0.25, 0.3) is 5.56 Å². The summed E-state index contributed by atoms with van der Waals surface area (Å²) >= 11 is 0. The summed E-state index contributed by atoms with van der Waals surface area (Å²) in [6.07, 6.45) is 7.01. The fourth-order valence-corrected chi connectivity index (χ4v) is 1.66. The van der Waals surface area contributed by atoms with Crippen LogP contribution in [0.5, 0.6) is 0 Å². The first-order valence-corrected chi connectivity index (χ1v) is 6.78. The van der Waals surface area contributed by atoms with Gasteiger partial charge in [0.05, 0.1) is 25.8 Å². The summed E-state index contributed by atoms with van der Waals surface area (Å²) in [5, 5.41) is 0. The highest BCUT2D eigenvalue weighted by atomic mass is 16.5. The highest BCUT2D eigenvalue weighted by Crippen LogP contribution is 2.05. The average molecular weight is 320 g/mol. The van der Waals surface area contributed by atoms with Gasteiger partial charge < -0.3 is 9.47 Å². The monoisotopic (exact) mass is 320 g/mol. The fourth-order valence-electron chi connectivity index (χ4n) is 1.66. The van der Waals surface area contributed by atoms with Gasteiger partial charge in [-0.05, 0) is 13.8 Å². The molecule has 0 aliphatic heterocycles. The van der Waals surface area contributed by atoms with Crippen molar-refractivity contribution in [2.45, 2.75) is 20.4 Å².